The molecule has 0 radical (unpaired) electrons. The molecule has 1 aromatic heterocycles. The SMILES string of the molecule is COc1c(N2CCNC(C)C2)c(F)cc2c(=O)c(C(=O)OCC(=O)[C@@]3(O)CC[C@H]4[C@@H]5CCC6=CC(=O)C=C[C@]6(C)[C@H]5[C@@H](O)C[C@@]43C)cn(C3CC3)c12. The summed E-state index contributed by atoms with van der Waals surface area (Å²) in [5.74, 6) is -2.36. The largest absolute Gasteiger partial charge is 0.492 e. The molecule has 2 aromatic rings. The number of carbonyl (C=O) groups is 3. The Kier molecular flexibility index (Phi) is 8.35. The van der Waals surface area contributed by atoms with E-state index in [-0.39, 0.29) is 70.8 Å². The summed E-state index contributed by atoms with van der Waals surface area (Å²) in [5.41, 5.74) is -2.66. The zero-order valence-corrected chi connectivity index (χ0v) is 30.2. The molecule has 1 unspecified atom stereocenters. The van der Waals surface area contributed by atoms with E-state index in [1.54, 1.807) is 16.7 Å². The summed E-state index contributed by atoms with van der Waals surface area (Å²) in [6, 6.07) is 1.26. The van der Waals surface area contributed by atoms with Gasteiger partial charge in [0.2, 0.25) is 11.2 Å². The maximum absolute atomic E-state index is 15.9. The normalized spacial score (nSPS) is 35.4. The second-order valence-electron chi connectivity index (χ2n) is 16.6. The number of allylic oxidation sites excluding steroid dienone is 4. The fourth-order valence-electron chi connectivity index (χ4n) is 11.0. The van der Waals surface area contributed by atoms with Gasteiger partial charge >= 0.3 is 5.97 Å². The quantitative estimate of drug-likeness (QED) is 0.359. The Morgan fingerprint density at radius 3 is 2.63 bits per heavy atom. The summed E-state index contributed by atoms with van der Waals surface area (Å²) in [7, 11) is 1.45. The van der Waals surface area contributed by atoms with Gasteiger partial charge in [-0.25, -0.2) is 9.18 Å². The van der Waals surface area contributed by atoms with Crippen molar-refractivity contribution in [2.24, 2.45) is 28.6 Å². The van der Waals surface area contributed by atoms with Crippen molar-refractivity contribution in [3.8, 4) is 5.75 Å². The highest BCUT2D eigenvalue weighted by Gasteiger charge is 2.68. The molecule has 0 spiro atoms. The van der Waals surface area contributed by atoms with Crippen LogP contribution in [0.1, 0.15) is 82.1 Å². The molecule has 5 fully saturated rings. The van der Waals surface area contributed by atoms with Crippen LogP contribution in [0, 0.1) is 34.4 Å². The van der Waals surface area contributed by atoms with Crippen LogP contribution in [-0.2, 0) is 14.3 Å². The monoisotopic (exact) mass is 717 g/mol. The molecule has 0 amide bonds. The first-order valence-corrected chi connectivity index (χ1v) is 18.7. The van der Waals surface area contributed by atoms with Crippen molar-refractivity contribution in [1.82, 2.24) is 9.88 Å². The minimum atomic E-state index is -1.86. The third-order valence-electron chi connectivity index (χ3n) is 13.7. The Balaban J connectivity index is 1.06. The van der Waals surface area contributed by atoms with Gasteiger partial charge in [0.15, 0.2) is 24.0 Å². The fraction of sp³-hybridized carbons (Fsp3) is 0.600. The van der Waals surface area contributed by atoms with Crippen LogP contribution < -0.4 is 20.4 Å². The molecule has 1 aromatic carbocycles. The number of ether oxygens (including phenoxy) is 2. The van der Waals surface area contributed by atoms with Crippen LogP contribution in [0.25, 0.3) is 10.9 Å². The number of aromatic nitrogens is 1. The molecular weight excluding hydrogens is 669 g/mol. The predicted octanol–water partition coefficient (Wildman–Crippen LogP) is 4.02. The number of aliphatic hydroxyl groups excluding tert-OH is 1. The number of carbonyl (C=O) groups excluding carboxylic acids is 3. The Bertz CT molecular complexity index is 2000. The number of aliphatic hydroxyl groups is 2. The number of rotatable bonds is 7. The van der Waals surface area contributed by atoms with Gasteiger partial charge in [-0.1, -0.05) is 25.5 Å². The molecule has 52 heavy (non-hydrogen) atoms. The lowest BCUT2D eigenvalue weighted by atomic mass is 9.46. The molecule has 6 aliphatic rings. The summed E-state index contributed by atoms with van der Waals surface area (Å²) >= 11 is 0. The van der Waals surface area contributed by atoms with E-state index in [0.717, 1.165) is 30.9 Å². The predicted molar refractivity (Wildman–Crippen MR) is 191 cm³/mol. The first-order chi connectivity index (χ1) is 24.7. The van der Waals surface area contributed by atoms with E-state index in [2.05, 4.69) is 12.2 Å². The molecule has 0 bridgehead atoms. The first-order valence-electron chi connectivity index (χ1n) is 18.7. The molecule has 8 atom stereocenters. The van der Waals surface area contributed by atoms with Gasteiger partial charge in [-0.15, -0.1) is 0 Å². The van der Waals surface area contributed by atoms with Crippen LogP contribution in [0.15, 0.2) is 40.9 Å². The lowest BCUT2D eigenvalue weighted by Crippen LogP contribution is -2.61. The molecule has 278 valence electrons. The molecule has 2 heterocycles. The van der Waals surface area contributed by atoms with Crippen LogP contribution in [0.4, 0.5) is 10.1 Å². The molecular formula is C40H48FN3O8. The van der Waals surface area contributed by atoms with Crippen molar-refractivity contribution < 1.29 is 38.5 Å². The van der Waals surface area contributed by atoms with Gasteiger partial charge in [0.1, 0.15) is 16.9 Å². The average molecular weight is 718 g/mol. The van der Waals surface area contributed by atoms with Gasteiger partial charge in [0.05, 0.1) is 24.1 Å². The third-order valence-corrected chi connectivity index (χ3v) is 13.7. The average Bonchev–Trinajstić information content (AvgIpc) is 3.91. The second kappa shape index (κ2) is 12.3. The lowest BCUT2D eigenvalue weighted by molar-refractivity contribution is -0.178. The zero-order chi connectivity index (χ0) is 36.9. The van der Waals surface area contributed by atoms with E-state index < -0.39 is 52.1 Å². The number of nitrogens with zero attached hydrogens (tertiary/aromatic N) is 2. The third kappa shape index (κ3) is 5.15. The van der Waals surface area contributed by atoms with E-state index >= 15 is 4.39 Å². The molecule has 4 saturated carbocycles. The van der Waals surface area contributed by atoms with Crippen molar-refractivity contribution in [3.63, 3.8) is 0 Å². The van der Waals surface area contributed by atoms with E-state index in [1.165, 1.54) is 13.3 Å². The number of ketones is 2. The summed E-state index contributed by atoms with van der Waals surface area (Å²) in [4.78, 5) is 55.5. The molecule has 1 saturated heterocycles. The molecule has 3 N–H and O–H groups in total. The number of fused-ring (bicyclic) bond motifs is 6. The van der Waals surface area contributed by atoms with Gasteiger partial charge in [0.25, 0.3) is 0 Å². The van der Waals surface area contributed by atoms with Gasteiger partial charge < -0.3 is 34.5 Å². The van der Waals surface area contributed by atoms with Gasteiger partial charge in [0, 0.05) is 54.7 Å². The molecule has 12 heteroatoms. The van der Waals surface area contributed by atoms with Crippen molar-refractivity contribution in [2.45, 2.75) is 89.5 Å². The number of nitrogens with one attached hydrogen (secondary N) is 1. The second-order valence-corrected chi connectivity index (χ2v) is 16.6. The van der Waals surface area contributed by atoms with E-state index in [0.29, 0.717) is 38.0 Å². The van der Waals surface area contributed by atoms with Crippen LogP contribution in [0.5, 0.6) is 5.75 Å². The Morgan fingerprint density at radius 1 is 1.15 bits per heavy atom. The molecule has 1 aliphatic heterocycles. The highest BCUT2D eigenvalue weighted by molar-refractivity contribution is 6.01. The van der Waals surface area contributed by atoms with E-state index in [4.69, 9.17) is 9.47 Å². The van der Waals surface area contributed by atoms with Crippen LogP contribution in [-0.4, -0.2) is 83.4 Å². The zero-order valence-electron chi connectivity index (χ0n) is 30.2. The number of benzene rings is 1. The summed E-state index contributed by atoms with van der Waals surface area (Å²) < 4.78 is 29.0. The summed E-state index contributed by atoms with van der Waals surface area (Å²) in [6.07, 6.45) is 9.72. The molecule has 11 nitrogen and oxygen atoms in total. The van der Waals surface area contributed by atoms with E-state index in [1.807, 2.05) is 24.8 Å². The summed E-state index contributed by atoms with van der Waals surface area (Å²) in [5, 5.41) is 27.2. The number of halogens is 1. The van der Waals surface area contributed by atoms with E-state index in [9.17, 15) is 29.4 Å². The number of anilines is 1. The van der Waals surface area contributed by atoms with Crippen molar-refractivity contribution in [2.75, 3.05) is 38.3 Å². The van der Waals surface area contributed by atoms with Gasteiger partial charge in [-0.05, 0) is 81.9 Å². The minimum Gasteiger partial charge on any atom is -0.492 e. The first kappa shape index (κ1) is 35.2. The van der Waals surface area contributed by atoms with Crippen molar-refractivity contribution in [3.05, 3.63) is 57.7 Å². The number of piperazine rings is 1. The minimum absolute atomic E-state index is 0.0131. The highest BCUT2D eigenvalue weighted by atomic mass is 19.1. The van der Waals surface area contributed by atoms with Crippen LogP contribution in [0.2, 0.25) is 0 Å². The maximum atomic E-state index is 15.9. The number of methoxy groups -OCH3 is 1. The number of hydrogen-bond donors (Lipinski definition) is 3. The number of hydrogen-bond acceptors (Lipinski definition) is 10. The van der Waals surface area contributed by atoms with Crippen LogP contribution in [0.3, 0.4) is 0 Å². The summed E-state index contributed by atoms with van der Waals surface area (Å²) in [6.45, 7) is 6.95. The Morgan fingerprint density at radius 2 is 1.92 bits per heavy atom. The van der Waals surface area contributed by atoms with Crippen molar-refractivity contribution in [1.29, 1.82) is 0 Å². The van der Waals surface area contributed by atoms with Crippen LogP contribution >= 0.6 is 0 Å². The highest BCUT2D eigenvalue weighted by Crippen LogP contribution is 2.67. The molecule has 5 aliphatic carbocycles. The smallest absolute Gasteiger partial charge is 0.344 e. The topological polar surface area (TPSA) is 147 Å². The van der Waals surface area contributed by atoms with Gasteiger partial charge in [-0.3, -0.25) is 14.4 Å². The Hall–Kier alpha value is -3.87. The number of esters is 1. The standard InChI is InChI=1S/C40H48FN3O8/c1-21-18-43(14-13-42-21)34-29(41)16-26-33(36(34)51-4)44(23-6-7-23)19-27(35(26)48)37(49)52-20-31(47)40(50)12-10-28-25-8-5-22-15-24(45)9-11-38(22,2)32(25)30(46)17-39(28,40)3/h9,11,15-16,19,21,23,25,28,30,32,42,46,50H,5-8,10,12-14,17-18,20H2,1-4H3/t21?,25-,28-,30-,32+,38-,39-,40-/m0/s1. The van der Waals surface area contributed by atoms with Crippen molar-refractivity contribution >= 4 is 34.1 Å². The van der Waals surface area contributed by atoms with Gasteiger partial charge in [-0.2, -0.15) is 0 Å². The Labute approximate surface area is 301 Å². The number of pyridine rings is 1. The fourth-order valence-corrected chi connectivity index (χ4v) is 11.0. The maximum Gasteiger partial charge on any atom is 0.344 e. The number of Topliss-reactive ketones (excluding diaryl/α,β-unsaturated/α-hetero) is 1. The molecule has 8 rings (SSSR count). The lowest BCUT2D eigenvalue weighted by Gasteiger charge is -2.59.